The molecule has 3 N–H and O–H groups in total. The Labute approximate surface area is 79.1 Å². The summed E-state index contributed by atoms with van der Waals surface area (Å²) in [6, 6.07) is 0. The molecule has 76 valence electrons. The molecule has 0 heterocycles. The largest absolute Gasteiger partial charge is 0.383 e. The van der Waals surface area contributed by atoms with Crippen LogP contribution in [0.1, 0.15) is 13.8 Å². The van der Waals surface area contributed by atoms with Crippen LogP contribution in [0.4, 0.5) is 0 Å². The van der Waals surface area contributed by atoms with Gasteiger partial charge >= 0.3 is 0 Å². The van der Waals surface area contributed by atoms with E-state index in [0.717, 1.165) is 6.54 Å². The second-order valence-corrected chi connectivity index (χ2v) is 3.38. The molecule has 0 aliphatic rings. The number of amides is 1. The molecule has 0 atom stereocenters. The Morgan fingerprint density at radius 1 is 1.62 bits per heavy atom. The lowest BCUT2D eigenvalue weighted by atomic mass is 10.1. The Balaban J connectivity index is 3.85. The van der Waals surface area contributed by atoms with Gasteiger partial charge in [-0.25, -0.2) is 0 Å². The van der Waals surface area contributed by atoms with Gasteiger partial charge in [0.05, 0.1) is 6.61 Å². The molecule has 0 spiro atoms. The number of hydrogen-bond acceptors (Lipinski definition) is 3. The number of ether oxygens (including phenoxy) is 1. The fourth-order valence-corrected chi connectivity index (χ4v) is 0.825. The summed E-state index contributed by atoms with van der Waals surface area (Å²) >= 11 is 0. The lowest BCUT2D eigenvalue weighted by Crippen LogP contribution is -2.39. The molecule has 0 aromatic heterocycles. The van der Waals surface area contributed by atoms with Crippen LogP contribution in [-0.4, -0.2) is 31.7 Å². The van der Waals surface area contributed by atoms with Crippen LogP contribution in [-0.2, 0) is 9.53 Å². The van der Waals surface area contributed by atoms with Gasteiger partial charge in [0.25, 0.3) is 0 Å². The van der Waals surface area contributed by atoms with Gasteiger partial charge in [0, 0.05) is 25.3 Å². The van der Waals surface area contributed by atoms with Gasteiger partial charge in [0.2, 0.25) is 5.91 Å². The SMILES string of the molecule is COCCNC(C)(C)/C=C/C(N)=O. The molecule has 0 aliphatic heterocycles. The third-order valence-corrected chi connectivity index (χ3v) is 1.55. The zero-order chi connectivity index (χ0) is 10.3. The van der Waals surface area contributed by atoms with Crippen molar-refractivity contribution in [2.24, 2.45) is 5.73 Å². The zero-order valence-corrected chi connectivity index (χ0v) is 8.46. The second-order valence-electron chi connectivity index (χ2n) is 3.38. The highest BCUT2D eigenvalue weighted by atomic mass is 16.5. The first kappa shape index (κ1) is 12.1. The van der Waals surface area contributed by atoms with Crippen molar-refractivity contribution < 1.29 is 9.53 Å². The molecule has 0 rings (SSSR count). The standard InChI is InChI=1S/C9H18N2O2/c1-9(2,5-4-8(10)12)11-6-7-13-3/h4-5,11H,6-7H2,1-3H3,(H2,10,12)/b5-4+. The van der Waals surface area contributed by atoms with Crippen molar-refractivity contribution in [3.63, 3.8) is 0 Å². The van der Waals surface area contributed by atoms with Crippen LogP contribution >= 0.6 is 0 Å². The van der Waals surface area contributed by atoms with Crippen molar-refractivity contribution >= 4 is 5.91 Å². The van der Waals surface area contributed by atoms with Crippen LogP contribution in [0.5, 0.6) is 0 Å². The fraction of sp³-hybridized carbons (Fsp3) is 0.667. The molecule has 4 nitrogen and oxygen atoms in total. The summed E-state index contributed by atoms with van der Waals surface area (Å²) in [4.78, 5) is 10.5. The number of nitrogens with two attached hydrogens (primary N) is 1. The number of rotatable bonds is 6. The van der Waals surface area contributed by atoms with Crippen molar-refractivity contribution in [3.05, 3.63) is 12.2 Å². The summed E-state index contributed by atoms with van der Waals surface area (Å²) in [5.41, 5.74) is 4.75. The molecule has 0 saturated heterocycles. The molecule has 4 heteroatoms. The van der Waals surface area contributed by atoms with E-state index < -0.39 is 5.91 Å². The first-order valence-electron chi connectivity index (χ1n) is 4.20. The average molecular weight is 186 g/mol. The van der Waals surface area contributed by atoms with Gasteiger partial charge in [-0.1, -0.05) is 6.08 Å². The van der Waals surface area contributed by atoms with Crippen molar-refractivity contribution in [2.75, 3.05) is 20.3 Å². The van der Waals surface area contributed by atoms with Crippen molar-refractivity contribution in [2.45, 2.75) is 19.4 Å². The van der Waals surface area contributed by atoms with E-state index in [1.807, 2.05) is 13.8 Å². The van der Waals surface area contributed by atoms with Gasteiger partial charge in [0.1, 0.15) is 0 Å². The van der Waals surface area contributed by atoms with Crippen LogP contribution in [0.3, 0.4) is 0 Å². The van der Waals surface area contributed by atoms with E-state index in [1.165, 1.54) is 6.08 Å². The summed E-state index contributed by atoms with van der Waals surface area (Å²) < 4.78 is 4.88. The molecule has 0 fully saturated rings. The number of primary amides is 1. The van der Waals surface area contributed by atoms with Crippen molar-refractivity contribution in [1.29, 1.82) is 0 Å². The minimum Gasteiger partial charge on any atom is -0.383 e. The van der Waals surface area contributed by atoms with E-state index in [1.54, 1.807) is 13.2 Å². The predicted molar refractivity (Wildman–Crippen MR) is 52.3 cm³/mol. The number of methoxy groups -OCH3 is 1. The Morgan fingerprint density at radius 3 is 2.69 bits per heavy atom. The first-order chi connectivity index (χ1) is 5.98. The maximum Gasteiger partial charge on any atom is 0.241 e. The van der Waals surface area contributed by atoms with E-state index >= 15 is 0 Å². The molecule has 0 radical (unpaired) electrons. The highest BCUT2D eigenvalue weighted by molar-refractivity contribution is 5.85. The van der Waals surface area contributed by atoms with Gasteiger partial charge in [-0.2, -0.15) is 0 Å². The van der Waals surface area contributed by atoms with Gasteiger partial charge in [-0.15, -0.1) is 0 Å². The maximum atomic E-state index is 10.5. The summed E-state index contributed by atoms with van der Waals surface area (Å²) in [7, 11) is 1.65. The number of hydrogen-bond donors (Lipinski definition) is 2. The molecule has 0 aromatic carbocycles. The zero-order valence-electron chi connectivity index (χ0n) is 8.46. The van der Waals surface area contributed by atoms with E-state index in [0.29, 0.717) is 6.61 Å². The van der Waals surface area contributed by atoms with E-state index in [-0.39, 0.29) is 5.54 Å². The van der Waals surface area contributed by atoms with Gasteiger partial charge in [-0.3, -0.25) is 4.79 Å². The van der Waals surface area contributed by atoms with Crippen LogP contribution in [0, 0.1) is 0 Å². The highest BCUT2D eigenvalue weighted by Gasteiger charge is 2.11. The Morgan fingerprint density at radius 2 is 2.23 bits per heavy atom. The normalized spacial score (nSPS) is 12.2. The summed E-state index contributed by atoms with van der Waals surface area (Å²) in [5.74, 6) is -0.429. The average Bonchev–Trinajstić information content (AvgIpc) is 2.02. The third-order valence-electron chi connectivity index (χ3n) is 1.55. The minimum absolute atomic E-state index is 0.229. The molecule has 13 heavy (non-hydrogen) atoms. The molecular formula is C9H18N2O2. The van der Waals surface area contributed by atoms with Gasteiger partial charge in [0.15, 0.2) is 0 Å². The summed E-state index contributed by atoms with van der Waals surface area (Å²) in [6.07, 6.45) is 3.10. The lowest BCUT2D eigenvalue weighted by molar-refractivity contribution is -0.113. The number of nitrogens with one attached hydrogen (secondary N) is 1. The van der Waals surface area contributed by atoms with Crippen molar-refractivity contribution in [3.8, 4) is 0 Å². The molecule has 0 saturated carbocycles. The Hall–Kier alpha value is -0.870. The second kappa shape index (κ2) is 5.72. The van der Waals surface area contributed by atoms with Crippen LogP contribution in [0.15, 0.2) is 12.2 Å². The van der Waals surface area contributed by atoms with E-state index in [9.17, 15) is 4.79 Å². The smallest absolute Gasteiger partial charge is 0.241 e. The molecule has 0 unspecified atom stereocenters. The fourth-order valence-electron chi connectivity index (χ4n) is 0.825. The lowest BCUT2D eigenvalue weighted by Gasteiger charge is -2.21. The van der Waals surface area contributed by atoms with Crippen molar-refractivity contribution in [1.82, 2.24) is 5.32 Å². The molecule has 0 aliphatic carbocycles. The Kier molecular flexibility index (Phi) is 5.34. The third kappa shape index (κ3) is 7.49. The monoisotopic (exact) mass is 186 g/mol. The van der Waals surface area contributed by atoms with Crippen LogP contribution in [0.2, 0.25) is 0 Å². The molecule has 0 aromatic rings. The summed E-state index contributed by atoms with van der Waals surface area (Å²) in [5, 5.41) is 3.20. The predicted octanol–water partition coefficient (Wildman–Crippen LogP) is 0.0425. The summed E-state index contributed by atoms with van der Waals surface area (Å²) in [6.45, 7) is 5.31. The van der Waals surface area contributed by atoms with E-state index in [4.69, 9.17) is 10.5 Å². The van der Waals surface area contributed by atoms with Crippen LogP contribution in [0.25, 0.3) is 0 Å². The van der Waals surface area contributed by atoms with E-state index in [2.05, 4.69) is 5.32 Å². The molecule has 1 amide bonds. The first-order valence-corrected chi connectivity index (χ1v) is 4.20. The molecular weight excluding hydrogens is 168 g/mol. The Bertz CT molecular complexity index is 188. The topological polar surface area (TPSA) is 64.3 Å². The number of carbonyl (C=O) groups is 1. The number of carbonyl (C=O) groups excluding carboxylic acids is 1. The van der Waals surface area contributed by atoms with Gasteiger partial charge in [-0.05, 0) is 13.8 Å². The van der Waals surface area contributed by atoms with Gasteiger partial charge < -0.3 is 15.8 Å². The minimum atomic E-state index is -0.429. The molecule has 0 bridgehead atoms. The van der Waals surface area contributed by atoms with Crippen LogP contribution < -0.4 is 11.1 Å². The highest BCUT2D eigenvalue weighted by Crippen LogP contribution is 2.02. The quantitative estimate of drug-likeness (QED) is 0.455. The maximum absolute atomic E-state index is 10.5.